The maximum atomic E-state index is 12.1. The highest BCUT2D eigenvalue weighted by Crippen LogP contribution is 2.17. The SMILES string of the molecule is CC(C)c1ccc(C(N)CNC(=O)C2CCCNC2)cc1. The van der Waals surface area contributed by atoms with Gasteiger partial charge in [-0.15, -0.1) is 0 Å². The first-order chi connectivity index (χ1) is 10.1. The van der Waals surface area contributed by atoms with Crippen LogP contribution in [0, 0.1) is 5.92 Å². The summed E-state index contributed by atoms with van der Waals surface area (Å²) in [5, 5.41) is 6.24. The van der Waals surface area contributed by atoms with E-state index in [9.17, 15) is 4.79 Å². The third-order valence-corrected chi connectivity index (χ3v) is 4.20. The van der Waals surface area contributed by atoms with Crippen molar-refractivity contribution in [2.75, 3.05) is 19.6 Å². The van der Waals surface area contributed by atoms with Crippen LogP contribution in [0.1, 0.15) is 49.8 Å². The Balaban J connectivity index is 1.83. The average molecular weight is 289 g/mol. The maximum Gasteiger partial charge on any atom is 0.224 e. The molecule has 1 saturated heterocycles. The lowest BCUT2D eigenvalue weighted by Crippen LogP contribution is -2.42. The van der Waals surface area contributed by atoms with Gasteiger partial charge in [-0.2, -0.15) is 0 Å². The van der Waals surface area contributed by atoms with Gasteiger partial charge in [0.2, 0.25) is 5.91 Å². The predicted octanol–water partition coefficient (Wildman–Crippen LogP) is 1.93. The van der Waals surface area contributed by atoms with Gasteiger partial charge in [0.1, 0.15) is 0 Å². The highest BCUT2D eigenvalue weighted by atomic mass is 16.1. The van der Waals surface area contributed by atoms with Gasteiger partial charge in [-0.3, -0.25) is 4.79 Å². The summed E-state index contributed by atoms with van der Waals surface area (Å²) in [6.45, 7) is 6.65. The Kier molecular flexibility index (Phi) is 5.76. The van der Waals surface area contributed by atoms with E-state index < -0.39 is 0 Å². The van der Waals surface area contributed by atoms with Crippen LogP contribution in [0.5, 0.6) is 0 Å². The maximum absolute atomic E-state index is 12.1. The molecule has 1 aromatic rings. The van der Waals surface area contributed by atoms with Crippen molar-refractivity contribution in [3.63, 3.8) is 0 Å². The van der Waals surface area contributed by atoms with Gasteiger partial charge in [0.05, 0.1) is 5.92 Å². The minimum absolute atomic E-state index is 0.0919. The number of benzene rings is 1. The predicted molar refractivity (Wildman–Crippen MR) is 86.1 cm³/mol. The summed E-state index contributed by atoms with van der Waals surface area (Å²) >= 11 is 0. The molecule has 21 heavy (non-hydrogen) atoms. The van der Waals surface area contributed by atoms with E-state index in [1.165, 1.54) is 5.56 Å². The zero-order valence-corrected chi connectivity index (χ0v) is 13.1. The van der Waals surface area contributed by atoms with Crippen LogP contribution in [-0.4, -0.2) is 25.5 Å². The van der Waals surface area contributed by atoms with Crippen molar-refractivity contribution in [2.24, 2.45) is 11.7 Å². The Bertz CT molecular complexity index is 450. The lowest BCUT2D eigenvalue weighted by molar-refractivity contribution is -0.125. The Hall–Kier alpha value is -1.39. The summed E-state index contributed by atoms with van der Waals surface area (Å²) in [6, 6.07) is 8.22. The van der Waals surface area contributed by atoms with Gasteiger partial charge in [0, 0.05) is 19.1 Å². The van der Waals surface area contributed by atoms with Crippen molar-refractivity contribution in [2.45, 2.75) is 38.6 Å². The van der Waals surface area contributed by atoms with Crippen molar-refractivity contribution in [3.05, 3.63) is 35.4 Å². The molecular formula is C17H27N3O. The number of amides is 1. The Morgan fingerprint density at radius 2 is 2.00 bits per heavy atom. The summed E-state index contributed by atoms with van der Waals surface area (Å²) in [5.74, 6) is 0.736. The van der Waals surface area contributed by atoms with E-state index in [-0.39, 0.29) is 17.9 Å². The van der Waals surface area contributed by atoms with Crippen LogP contribution >= 0.6 is 0 Å². The van der Waals surface area contributed by atoms with E-state index in [1.54, 1.807) is 0 Å². The van der Waals surface area contributed by atoms with Crippen molar-refractivity contribution < 1.29 is 4.79 Å². The quantitative estimate of drug-likeness (QED) is 0.776. The van der Waals surface area contributed by atoms with Crippen LogP contribution in [0.3, 0.4) is 0 Å². The Morgan fingerprint density at radius 3 is 2.57 bits per heavy atom. The third kappa shape index (κ3) is 4.55. The van der Waals surface area contributed by atoms with E-state index in [0.717, 1.165) is 31.5 Å². The topological polar surface area (TPSA) is 67.1 Å². The zero-order valence-electron chi connectivity index (χ0n) is 13.1. The zero-order chi connectivity index (χ0) is 15.2. The summed E-state index contributed by atoms with van der Waals surface area (Å²) in [6.07, 6.45) is 2.04. The molecule has 0 aromatic heterocycles. The molecule has 0 radical (unpaired) electrons. The molecule has 1 heterocycles. The Labute approximate surface area is 127 Å². The van der Waals surface area contributed by atoms with Crippen LogP contribution in [0.2, 0.25) is 0 Å². The number of hydrogen-bond acceptors (Lipinski definition) is 3. The minimum Gasteiger partial charge on any atom is -0.354 e. The molecule has 116 valence electrons. The molecular weight excluding hydrogens is 262 g/mol. The van der Waals surface area contributed by atoms with Gasteiger partial charge < -0.3 is 16.4 Å². The molecule has 0 aliphatic carbocycles. The number of nitrogens with two attached hydrogens (primary N) is 1. The van der Waals surface area contributed by atoms with Crippen LogP contribution in [0.15, 0.2) is 24.3 Å². The monoisotopic (exact) mass is 289 g/mol. The molecule has 0 spiro atoms. The lowest BCUT2D eigenvalue weighted by atomic mass is 9.98. The fourth-order valence-corrected chi connectivity index (χ4v) is 2.68. The first-order valence-corrected chi connectivity index (χ1v) is 7.91. The molecule has 1 aliphatic rings. The molecule has 1 aliphatic heterocycles. The smallest absolute Gasteiger partial charge is 0.224 e. The van der Waals surface area contributed by atoms with Crippen molar-refractivity contribution in [1.29, 1.82) is 0 Å². The lowest BCUT2D eigenvalue weighted by Gasteiger charge is -2.23. The number of carbonyl (C=O) groups excluding carboxylic acids is 1. The fourth-order valence-electron chi connectivity index (χ4n) is 2.68. The molecule has 0 saturated carbocycles. The summed E-state index contributed by atoms with van der Waals surface area (Å²) < 4.78 is 0. The first-order valence-electron chi connectivity index (χ1n) is 7.91. The van der Waals surface area contributed by atoms with Crippen LogP contribution < -0.4 is 16.4 Å². The third-order valence-electron chi connectivity index (χ3n) is 4.20. The first kappa shape index (κ1) is 16.0. The number of rotatable bonds is 5. The molecule has 2 rings (SSSR count). The summed E-state index contributed by atoms with van der Waals surface area (Å²) in [4.78, 5) is 12.1. The van der Waals surface area contributed by atoms with Gasteiger partial charge in [0.25, 0.3) is 0 Å². The Morgan fingerprint density at radius 1 is 1.33 bits per heavy atom. The second kappa shape index (κ2) is 7.57. The van der Waals surface area contributed by atoms with Crippen molar-refractivity contribution in [1.82, 2.24) is 10.6 Å². The number of piperidine rings is 1. The largest absolute Gasteiger partial charge is 0.354 e. The molecule has 1 fully saturated rings. The normalized spacial score (nSPS) is 20.3. The molecule has 2 atom stereocenters. The van der Waals surface area contributed by atoms with Gasteiger partial charge in [0.15, 0.2) is 0 Å². The van der Waals surface area contributed by atoms with E-state index in [1.807, 2.05) is 0 Å². The van der Waals surface area contributed by atoms with Crippen molar-refractivity contribution in [3.8, 4) is 0 Å². The second-order valence-electron chi connectivity index (χ2n) is 6.22. The van der Waals surface area contributed by atoms with E-state index in [0.29, 0.717) is 12.5 Å². The molecule has 4 nitrogen and oxygen atoms in total. The average Bonchev–Trinajstić information content (AvgIpc) is 2.53. The van der Waals surface area contributed by atoms with Gasteiger partial charge in [-0.25, -0.2) is 0 Å². The molecule has 1 aromatic carbocycles. The molecule has 4 N–H and O–H groups in total. The number of nitrogens with one attached hydrogen (secondary N) is 2. The highest BCUT2D eigenvalue weighted by Gasteiger charge is 2.21. The van der Waals surface area contributed by atoms with Crippen molar-refractivity contribution >= 4 is 5.91 Å². The second-order valence-corrected chi connectivity index (χ2v) is 6.22. The van der Waals surface area contributed by atoms with Gasteiger partial charge in [-0.1, -0.05) is 38.1 Å². The summed E-state index contributed by atoms with van der Waals surface area (Å²) in [5.41, 5.74) is 8.55. The standard InChI is InChI=1S/C17H27N3O/c1-12(2)13-5-7-14(8-6-13)16(18)11-20-17(21)15-4-3-9-19-10-15/h5-8,12,15-16,19H,3-4,9-11,18H2,1-2H3,(H,20,21). The van der Waals surface area contributed by atoms with E-state index in [2.05, 4.69) is 48.7 Å². The molecule has 4 heteroatoms. The number of carbonyl (C=O) groups is 1. The van der Waals surface area contributed by atoms with Gasteiger partial charge >= 0.3 is 0 Å². The van der Waals surface area contributed by atoms with E-state index >= 15 is 0 Å². The highest BCUT2D eigenvalue weighted by molar-refractivity contribution is 5.79. The van der Waals surface area contributed by atoms with E-state index in [4.69, 9.17) is 5.73 Å². The molecule has 0 bridgehead atoms. The van der Waals surface area contributed by atoms with Crippen LogP contribution in [0.25, 0.3) is 0 Å². The van der Waals surface area contributed by atoms with Crippen LogP contribution in [-0.2, 0) is 4.79 Å². The van der Waals surface area contributed by atoms with Crippen LogP contribution in [0.4, 0.5) is 0 Å². The molecule has 2 unspecified atom stereocenters. The number of hydrogen-bond donors (Lipinski definition) is 3. The fraction of sp³-hybridized carbons (Fsp3) is 0.588. The van der Waals surface area contributed by atoms with Gasteiger partial charge in [-0.05, 0) is 36.4 Å². The minimum atomic E-state index is -0.147. The summed E-state index contributed by atoms with van der Waals surface area (Å²) in [7, 11) is 0. The molecule has 1 amide bonds.